The molecule has 0 spiro atoms. The molecule has 2 heterocycles. The fourth-order valence-electron chi connectivity index (χ4n) is 7.02. The Bertz CT molecular complexity index is 2780. The first kappa shape index (κ1) is 24.4. The van der Waals surface area contributed by atoms with E-state index in [0.717, 1.165) is 66.3 Å². The summed E-state index contributed by atoms with van der Waals surface area (Å²) in [4.78, 5) is 2.36. The first-order valence-corrected chi connectivity index (χ1v) is 15.2. The minimum absolute atomic E-state index is 0.888. The maximum atomic E-state index is 6.23. The number of nitrogens with zero attached hydrogens (tertiary/aromatic N) is 1. The molecule has 0 aliphatic heterocycles. The van der Waals surface area contributed by atoms with Gasteiger partial charge in [0.15, 0.2) is 0 Å². The van der Waals surface area contributed by atoms with Gasteiger partial charge in [-0.2, -0.15) is 0 Å². The molecule has 10 rings (SSSR count). The normalized spacial score (nSPS) is 12.0. The third-order valence-electron chi connectivity index (χ3n) is 9.19. The van der Waals surface area contributed by atoms with Gasteiger partial charge in [-0.1, -0.05) is 84.9 Å². The number of anilines is 3. The van der Waals surface area contributed by atoms with Gasteiger partial charge in [-0.05, 0) is 99.0 Å². The van der Waals surface area contributed by atoms with Crippen LogP contribution in [0.2, 0.25) is 0 Å². The van der Waals surface area contributed by atoms with Crippen LogP contribution in [0.25, 0.3) is 76.2 Å². The van der Waals surface area contributed by atoms with Gasteiger partial charge in [-0.25, -0.2) is 0 Å². The molecule has 3 nitrogen and oxygen atoms in total. The first-order chi connectivity index (χ1) is 22.3. The van der Waals surface area contributed by atoms with Gasteiger partial charge in [-0.3, -0.25) is 0 Å². The Morgan fingerprint density at radius 3 is 1.60 bits per heavy atom. The van der Waals surface area contributed by atoms with Crippen molar-refractivity contribution in [1.82, 2.24) is 0 Å². The van der Waals surface area contributed by atoms with Crippen LogP contribution in [0.15, 0.2) is 160 Å². The highest BCUT2D eigenvalue weighted by atomic mass is 16.3. The molecule has 0 unspecified atom stereocenters. The molecular weight excluding hydrogens is 550 g/mol. The zero-order valence-corrected chi connectivity index (χ0v) is 24.2. The summed E-state index contributed by atoms with van der Waals surface area (Å²) in [7, 11) is 0. The van der Waals surface area contributed by atoms with Gasteiger partial charge in [0.25, 0.3) is 0 Å². The maximum absolute atomic E-state index is 6.23. The monoisotopic (exact) mass is 575 g/mol. The van der Waals surface area contributed by atoms with E-state index < -0.39 is 0 Å². The molecule has 0 saturated heterocycles. The first-order valence-electron chi connectivity index (χ1n) is 15.2. The van der Waals surface area contributed by atoms with E-state index >= 15 is 0 Å². The molecule has 0 aliphatic rings. The van der Waals surface area contributed by atoms with E-state index in [4.69, 9.17) is 8.83 Å². The Morgan fingerprint density at radius 1 is 0.289 bits per heavy atom. The fraction of sp³-hybridized carbons (Fsp3) is 0. The summed E-state index contributed by atoms with van der Waals surface area (Å²) in [6.45, 7) is 0. The lowest BCUT2D eigenvalue weighted by molar-refractivity contribution is 0.668. The molecule has 0 aliphatic carbocycles. The third-order valence-corrected chi connectivity index (χ3v) is 9.19. The molecule has 2 aromatic heterocycles. The predicted molar refractivity (Wildman–Crippen MR) is 188 cm³/mol. The van der Waals surface area contributed by atoms with Gasteiger partial charge in [0.2, 0.25) is 0 Å². The Kier molecular flexibility index (Phi) is 5.00. The number of rotatable bonds is 3. The summed E-state index contributed by atoms with van der Waals surface area (Å²) in [5.41, 5.74) is 6.89. The third kappa shape index (κ3) is 3.71. The average Bonchev–Trinajstić information content (AvgIpc) is 3.65. The minimum Gasteiger partial charge on any atom is -0.456 e. The average molecular weight is 576 g/mol. The minimum atomic E-state index is 0.888. The summed E-state index contributed by atoms with van der Waals surface area (Å²) < 4.78 is 12.4. The van der Waals surface area contributed by atoms with Crippen molar-refractivity contribution in [2.45, 2.75) is 0 Å². The number of fused-ring (bicyclic) bond motifs is 10. The van der Waals surface area contributed by atoms with E-state index in [9.17, 15) is 0 Å². The van der Waals surface area contributed by atoms with E-state index in [1.807, 2.05) is 24.3 Å². The van der Waals surface area contributed by atoms with Crippen LogP contribution in [0, 0.1) is 0 Å². The Balaban J connectivity index is 1.24. The number of hydrogen-bond donors (Lipinski definition) is 0. The lowest BCUT2D eigenvalue weighted by atomic mass is 9.98. The Morgan fingerprint density at radius 2 is 0.800 bits per heavy atom. The van der Waals surface area contributed by atoms with Gasteiger partial charge in [-0.15, -0.1) is 0 Å². The van der Waals surface area contributed by atoms with Gasteiger partial charge in [0, 0.05) is 38.6 Å². The molecular formula is C42H25NO2. The van der Waals surface area contributed by atoms with Crippen molar-refractivity contribution in [3.63, 3.8) is 0 Å². The number of furan rings is 2. The molecule has 45 heavy (non-hydrogen) atoms. The second-order valence-corrected chi connectivity index (χ2v) is 11.8. The van der Waals surface area contributed by atoms with Gasteiger partial charge < -0.3 is 13.7 Å². The van der Waals surface area contributed by atoms with E-state index in [0.29, 0.717) is 0 Å². The number of benzene rings is 8. The van der Waals surface area contributed by atoms with Crippen molar-refractivity contribution >= 4 is 93.3 Å². The smallest absolute Gasteiger partial charge is 0.136 e. The topological polar surface area (TPSA) is 29.5 Å². The second-order valence-electron chi connectivity index (χ2n) is 11.8. The molecule has 210 valence electrons. The number of para-hydroxylation sites is 2. The van der Waals surface area contributed by atoms with E-state index in [-0.39, 0.29) is 0 Å². The lowest BCUT2D eigenvalue weighted by Gasteiger charge is -2.26. The molecule has 8 aromatic carbocycles. The second kappa shape index (κ2) is 9.22. The molecule has 0 saturated carbocycles. The van der Waals surface area contributed by atoms with Crippen LogP contribution in [-0.4, -0.2) is 0 Å². The van der Waals surface area contributed by atoms with Gasteiger partial charge in [0.1, 0.15) is 22.3 Å². The SMILES string of the molecule is c1ccc2cc(N(c3ccc4ccc5cc6oc7ccccc7c6cc5c4c3)c3ccc4oc5ccccc5c4c3)ccc2c1. The van der Waals surface area contributed by atoms with E-state index in [1.165, 1.54) is 26.9 Å². The molecule has 3 heteroatoms. The Labute approximate surface area is 258 Å². The maximum Gasteiger partial charge on any atom is 0.136 e. The van der Waals surface area contributed by atoms with Crippen LogP contribution in [-0.2, 0) is 0 Å². The highest BCUT2D eigenvalue weighted by Crippen LogP contribution is 2.42. The molecule has 0 atom stereocenters. The molecule has 0 amide bonds. The molecule has 0 N–H and O–H groups in total. The summed E-state index contributed by atoms with van der Waals surface area (Å²) in [5.74, 6) is 0. The van der Waals surface area contributed by atoms with Crippen molar-refractivity contribution in [2.75, 3.05) is 4.90 Å². The molecule has 0 fully saturated rings. The Hall–Kier alpha value is -6.06. The van der Waals surface area contributed by atoms with E-state index in [1.54, 1.807) is 0 Å². The quantitative estimate of drug-likeness (QED) is 0.196. The predicted octanol–water partition coefficient (Wildman–Crippen LogP) is 12.4. The van der Waals surface area contributed by atoms with Gasteiger partial charge in [0.05, 0.1) is 0 Å². The zero-order chi connectivity index (χ0) is 29.5. The molecule has 10 aromatic rings. The fourth-order valence-corrected chi connectivity index (χ4v) is 7.02. The summed E-state index contributed by atoms with van der Waals surface area (Å²) in [6.07, 6.45) is 0. The van der Waals surface area contributed by atoms with Crippen molar-refractivity contribution in [3.05, 3.63) is 152 Å². The standard InChI is InChI=1S/C42H25NO2/c1-2-8-28-21-30(17-15-26(28)7-1)43(32-19-20-41-37(24-32)33-9-3-5-11-39(33)44-41)31-18-16-27-13-14-29-22-42-38(25-36(29)35(27)23-31)34-10-4-6-12-40(34)45-42/h1-25H. The zero-order valence-electron chi connectivity index (χ0n) is 24.2. The highest BCUT2D eigenvalue weighted by Gasteiger charge is 2.17. The molecule has 0 bridgehead atoms. The lowest BCUT2D eigenvalue weighted by Crippen LogP contribution is -2.09. The number of hydrogen-bond acceptors (Lipinski definition) is 3. The largest absolute Gasteiger partial charge is 0.456 e. The van der Waals surface area contributed by atoms with Crippen molar-refractivity contribution in [3.8, 4) is 0 Å². The van der Waals surface area contributed by atoms with Crippen molar-refractivity contribution in [1.29, 1.82) is 0 Å². The van der Waals surface area contributed by atoms with Gasteiger partial charge >= 0.3 is 0 Å². The van der Waals surface area contributed by atoms with Crippen LogP contribution in [0.5, 0.6) is 0 Å². The summed E-state index contributed by atoms with van der Waals surface area (Å²) in [6, 6.07) is 54.0. The van der Waals surface area contributed by atoms with Crippen molar-refractivity contribution < 1.29 is 8.83 Å². The van der Waals surface area contributed by atoms with Crippen LogP contribution < -0.4 is 4.90 Å². The summed E-state index contributed by atoms with van der Waals surface area (Å²) >= 11 is 0. The van der Waals surface area contributed by atoms with E-state index in [2.05, 4.69) is 132 Å². The van der Waals surface area contributed by atoms with Crippen LogP contribution in [0.1, 0.15) is 0 Å². The molecule has 0 radical (unpaired) electrons. The highest BCUT2D eigenvalue weighted by molar-refractivity contribution is 6.17. The van der Waals surface area contributed by atoms with Crippen LogP contribution in [0.3, 0.4) is 0 Å². The van der Waals surface area contributed by atoms with Crippen LogP contribution in [0.4, 0.5) is 17.1 Å². The summed E-state index contributed by atoms with van der Waals surface area (Å²) in [5, 5.41) is 11.7. The van der Waals surface area contributed by atoms with Crippen LogP contribution >= 0.6 is 0 Å². The van der Waals surface area contributed by atoms with Crippen molar-refractivity contribution in [2.24, 2.45) is 0 Å².